The standard InChI is InChI=1S/C24H30N4O/c1-28(20-6-3-2-4-7-20)15-14-26-23(29)16-19-17-27-24-21(8-5-9-22(19)24)18-10-12-25-13-11-18/h5,8-13,17,20,27H,2-4,6-7,14-16H2,1H3,(H,26,29). The minimum absolute atomic E-state index is 0.0808. The first kappa shape index (κ1) is 19.6. The Hall–Kier alpha value is -2.66. The number of aromatic nitrogens is 2. The molecular formula is C24H30N4O. The highest BCUT2D eigenvalue weighted by Gasteiger charge is 2.18. The number of amides is 1. The van der Waals surface area contributed by atoms with Gasteiger partial charge < -0.3 is 15.2 Å². The van der Waals surface area contributed by atoms with E-state index in [0.717, 1.165) is 34.1 Å². The molecule has 29 heavy (non-hydrogen) atoms. The van der Waals surface area contributed by atoms with Crippen molar-refractivity contribution in [3.05, 3.63) is 54.5 Å². The molecule has 4 rings (SSSR count). The molecule has 1 amide bonds. The van der Waals surface area contributed by atoms with Crippen LogP contribution >= 0.6 is 0 Å². The zero-order valence-electron chi connectivity index (χ0n) is 17.2. The lowest BCUT2D eigenvalue weighted by Crippen LogP contribution is -2.39. The zero-order valence-corrected chi connectivity index (χ0v) is 17.2. The monoisotopic (exact) mass is 390 g/mol. The van der Waals surface area contributed by atoms with E-state index >= 15 is 0 Å². The van der Waals surface area contributed by atoms with Crippen molar-refractivity contribution in [1.82, 2.24) is 20.2 Å². The predicted molar refractivity (Wildman–Crippen MR) is 118 cm³/mol. The molecule has 1 aliphatic carbocycles. The molecule has 0 unspecified atom stereocenters. The molecule has 0 saturated heterocycles. The van der Waals surface area contributed by atoms with Gasteiger partial charge in [-0.25, -0.2) is 0 Å². The normalized spacial score (nSPS) is 15.1. The number of fused-ring (bicyclic) bond motifs is 1. The van der Waals surface area contributed by atoms with Gasteiger partial charge in [-0.15, -0.1) is 0 Å². The van der Waals surface area contributed by atoms with Gasteiger partial charge in [0.05, 0.1) is 11.9 Å². The Kier molecular flexibility index (Phi) is 6.25. The third-order valence-electron chi connectivity index (χ3n) is 6.13. The third-order valence-corrected chi connectivity index (χ3v) is 6.13. The van der Waals surface area contributed by atoms with Gasteiger partial charge in [-0.2, -0.15) is 0 Å². The van der Waals surface area contributed by atoms with Crippen LogP contribution in [0.4, 0.5) is 0 Å². The predicted octanol–water partition coefficient (Wildman–Crippen LogP) is 4.15. The Morgan fingerprint density at radius 2 is 1.97 bits per heavy atom. The van der Waals surface area contributed by atoms with Gasteiger partial charge in [0.25, 0.3) is 0 Å². The zero-order chi connectivity index (χ0) is 20.1. The van der Waals surface area contributed by atoms with Crippen molar-refractivity contribution in [2.24, 2.45) is 0 Å². The van der Waals surface area contributed by atoms with Crippen LogP contribution in [0.2, 0.25) is 0 Å². The van der Waals surface area contributed by atoms with Gasteiger partial charge in [-0.3, -0.25) is 9.78 Å². The number of carbonyl (C=O) groups excluding carboxylic acids is 1. The van der Waals surface area contributed by atoms with E-state index < -0.39 is 0 Å². The summed E-state index contributed by atoms with van der Waals surface area (Å²) in [6, 6.07) is 10.9. The van der Waals surface area contributed by atoms with Gasteiger partial charge in [-0.05, 0) is 43.1 Å². The number of para-hydroxylation sites is 1. The number of H-pyrrole nitrogens is 1. The Balaban J connectivity index is 1.36. The van der Waals surface area contributed by atoms with E-state index in [-0.39, 0.29) is 5.91 Å². The number of hydrogen-bond donors (Lipinski definition) is 2. The molecule has 0 bridgehead atoms. The van der Waals surface area contributed by atoms with E-state index in [1.54, 1.807) is 12.4 Å². The fraction of sp³-hybridized carbons (Fsp3) is 0.417. The van der Waals surface area contributed by atoms with Crippen LogP contribution < -0.4 is 5.32 Å². The molecule has 0 spiro atoms. The van der Waals surface area contributed by atoms with Crippen LogP contribution in [0.15, 0.2) is 48.9 Å². The summed E-state index contributed by atoms with van der Waals surface area (Å²) in [6.45, 7) is 1.62. The van der Waals surface area contributed by atoms with Crippen molar-refractivity contribution in [3.8, 4) is 11.1 Å². The summed E-state index contributed by atoms with van der Waals surface area (Å²) in [4.78, 5) is 22.4. The minimum Gasteiger partial charge on any atom is -0.360 e. The lowest BCUT2D eigenvalue weighted by Gasteiger charge is -2.31. The molecule has 2 N–H and O–H groups in total. The number of benzene rings is 1. The van der Waals surface area contributed by atoms with Crippen LogP contribution in [0.3, 0.4) is 0 Å². The second-order valence-electron chi connectivity index (χ2n) is 8.08. The average molecular weight is 391 g/mol. The van der Waals surface area contributed by atoms with Crippen LogP contribution in [0.1, 0.15) is 37.7 Å². The lowest BCUT2D eigenvalue weighted by atomic mass is 9.94. The average Bonchev–Trinajstić information content (AvgIpc) is 3.17. The number of hydrogen-bond acceptors (Lipinski definition) is 3. The minimum atomic E-state index is 0.0808. The van der Waals surface area contributed by atoms with Crippen molar-refractivity contribution in [3.63, 3.8) is 0 Å². The topological polar surface area (TPSA) is 61.0 Å². The molecule has 3 aromatic rings. The quantitative estimate of drug-likeness (QED) is 0.637. The smallest absolute Gasteiger partial charge is 0.224 e. The van der Waals surface area contributed by atoms with Gasteiger partial charge >= 0.3 is 0 Å². The number of nitrogens with zero attached hydrogens (tertiary/aromatic N) is 2. The Morgan fingerprint density at radius 1 is 1.17 bits per heavy atom. The maximum Gasteiger partial charge on any atom is 0.224 e. The van der Waals surface area contributed by atoms with Crippen molar-refractivity contribution in [2.45, 2.75) is 44.6 Å². The second kappa shape index (κ2) is 9.23. The van der Waals surface area contributed by atoms with Crippen molar-refractivity contribution in [1.29, 1.82) is 0 Å². The summed E-state index contributed by atoms with van der Waals surface area (Å²) < 4.78 is 0. The SMILES string of the molecule is CN(CCNC(=O)Cc1c[nH]c2c(-c3ccncc3)cccc12)C1CCCCC1. The van der Waals surface area contributed by atoms with E-state index in [0.29, 0.717) is 19.0 Å². The first-order chi connectivity index (χ1) is 14.2. The van der Waals surface area contributed by atoms with Crippen molar-refractivity contribution < 1.29 is 4.79 Å². The van der Waals surface area contributed by atoms with Gasteiger partial charge in [0, 0.05) is 48.7 Å². The highest BCUT2D eigenvalue weighted by atomic mass is 16.1. The largest absolute Gasteiger partial charge is 0.360 e. The Bertz CT molecular complexity index is 944. The highest BCUT2D eigenvalue weighted by molar-refractivity contribution is 5.97. The molecule has 5 heteroatoms. The fourth-order valence-electron chi connectivity index (χ4n) is 4.44. The van der Waals surface area contributed by atoms with Gasteiger partial charge in [0.2, 0.25) is 5.91 Å². The maximum atomic E-state index is 12.5. The van der Waals surface area contributed by atoms with Gasteiger partial charge in [0.15, 0.2) is 0 Å². The van der Waals surface area contributed by atoms with Gasteiger partial charge in [-0.1, -0.05) is 37.5 Å². The summed E-state index contributed by atoms with van der Waals surface area (Å²) in [6.07, 6.45) is 12.6. The van der Waals surface area contributed by atoms with E-state index in [9.17, 15) is 4.79 Å². The Morgan fingerprint density at radius 3 is 2.76 bits per heavy atom. The molecule has 1 saturated carbocycles. The first-order valence-corrected chi connectivity index (χ1v) is 10.7. The van der Waals surface area contributed by atoms with Crippen LogP contribution in [0, 0.1) is 0 Å². The summed E-state index contributed by atoms with van der Waals surface area (Å²) in [5.41, 5.74) is 4.35. The number of pyridine rings is 1. The first-order valence-electron chi connectivity index (χ1n) is 10.7. The van der Waals surface area contributed by atoms with Gasteiger partial charge in [0.1, 0.15) is 0 Å². The van der Waals surface area contributed by atoms with Crippen LogP contribution in [-0.2, 0) is 11.2 Å². The van der Waals surface area contributed by atoms with E-state index in [1.165, 1.54) is 32.1 Å². The lowest BCUT2D eigenvalue weighted by molar-refractivity contribution is -0.120. The molecule has 2 aromatic heterocycles. The fourth-order valence-corrected chi connectivity index (χ4v) is 4.44. The van der Waals surface area contributed by atoms with E-state index in [1.807, 2.05) is 24.4 Å². The molecule has 1 fully saturated rings. The summed E-state index contributed by atoms with van der Waals surface area (Å²) in [7, 11) is 2.18. The number of nitrogens with one attached hydrogen (secondary N) is 2. The summed E-state index contributed by atoms with van der Waals surface area (Å²) in [5, 5.41) is 4.20. The maximum absolute atomic E-state index is 12.5. The van der Waals surface area contributed by atoms with E-state index in [2.05, 4.69) is 39.4 Å². The van der Waals surface area contributed by atoms with Crippen LogP contribution in [0.25, 0.3) is 22.0 Å². The molecule has 1 aromatic carbocycles. The Labute approximate surface area is 172 Å². The van der Waals surface area contributed by atoms with Crippen LogP contribution in [0.5, 0.6) is 0 Å². The number of carbonyl (C=O) groups is 1. The number of aromatic amines is 1. The molecule has 1 aliphatic rings. The summed E-state index contributed by atoms with van der Waals surface area (Å²) >= 11 is 0. The molecule has 152 valence electrons. The van der Waals surface area contributed by atoms with Crippen molar-refractivity contribution in [2.75, 3.05) is 20.1 Å². The molecule has 5 nitrogen and oxygen atoms in total. The summed E-state index contributed by atoms with van der Waals surface area (Å²) in [5.74, 6) is 0.0808. The number of rotatable bonds is 7. The molecule has 2 heterocycles. The van der Waals surface area contributed by atoms with Crippen LogP contribution in [-0.4, -0.2) is 47.0 Å². The molecule has 0 aliphatic heterocycles. The number of likely N-dealkylation sites (N-methyl/N-ethyl adjacent to an activating group) is 1. The second-order valence-corrected chi connectivity index (χ2v) is 8.08. The highest BCUT2D eigenvalue weighted by Crippen LogP contribution is 2.29. The van der Waals surface area contributed by atoms with Crippen molar-refractivity contribution >= 4 is 16.8 Å². The van der Waals surface area contributed by atoms with E-state index in [4.69, 9.17) is 0 Å². The molecule has 0 radical (unpaired) electrons. The molecular weight excluding hydrogens is 360 g/mol. The third kappa shape index (κ3) is 4.67. The molecule has 0 atom stereocenters.